The quantitative estimate of drug-likeness (QED) is 0.653. The number of fused-ring (bicyclic) bond motifs is 1. The number of ether oxygens (including phenoxy) is 3. The molecule has 0 radical (unpaired) electrons. The van der Waals surface area contributed by atoms with Crippen molar-refractivity contribution in [3.05, 3.63) is 53.1 Å². The Bertz CT molecular complexity index is 876. The fourth-order valence-electron chi connectivity index (χ4n) is 3.24. The van der Waals surface area contributed by atoms with Crippen LogP contribution in [0, 0.1) is 0 Å². The number of hydrogen-bond acceptors (Lipinski definition) is 5. The van der Waals surface area contributed by atoms with Crippen LogP contribution in [0.4, 0.5) is 0 Å². The van der Waals surface area contributed by atoms with Crippen molar-refractivity contribution in [3.63, 3.8) is 0 Å². The number of Topliss-reactive ketones (excluding diaryl/α,β-unsaturated/α-hetero) is 1. The Morgan fingerprint density at radius 3 is 2.59 bits per heavy atom. The van der Waals surface area contributed by atoms with E-state index in [2.05, 4.69) is 5.32 Å². The molecule has 1 atom stereocenters. The summed E-state index contributed by atoms with van der Waals surface area (Å²) in [5, 5.41) is 2.86. The van der Waals surface area contributed by atoms with Gasteiger partial charge in [-0.25, -0.2) is 0 Å². The summed E-state index contributed by atoms with van der Waals surface area (Å²) in [5.41, 5.74) is 2.64. The zero-order valence-electron chi connectivity index (χ0n) is 17.1. The number of ketones is 1. The lowest BCUT2D eigenvalue weighted by Gasteiger charge is -2.13. The Morgan fingerprint density at radius 1 is 1.14 bits per heavy atom. The normalized spacial score (nSPS) is 14.7. The smallest absolute Gasteiger partial charge is 0.258 e. The molecule has 2 aromatic carbocycles. The molecule has 1 aliphatic heterocycles. The first-order valence-electron chi connectivity index (χ1n) is 9.98. The number of amides is 1. The Labute approximate surface area is 171 Å². The van der Waals surface area contributed by atoms with Gasteiger partial charge >= 0.3 is 0 Å². The predicted molar refractivity (Wildman–Crippen MR) is 110 cm³/mol. The molecule has 0 bridgehead atoms. The predicted octanol–water partition coefficient (Wildman–Crippen LogP) is 3.70. The molecule has 0 unspecified atom stereocenters. The van der Waals surface area contributed by atoms with Gasteiger partial charge in [0.1, 0.15) is 23.4 Å². The van der Waals surface area contributed by atoms with Crippen LogP contribution < -0.4 is 19.5 Å². The monoisotopic (exact) mass is 397 g/mol. The van der Waals surface area contributed by atoms with E-state index in [1.54, 1.807) is 24.3 Å². The average Bonchev–Trinajstić information content (AvgIpc) is 3.09. The summed E-state index contributed by atoms with van der Waals surface area (Å²) in [6, 6.07) is 10.7. The first kappa shape index (κ1) is 20.7. The summed E-state index contributed by atoms with van der Waals surface area (Å²) in [6.45, 7) is 6.55. The first-order valence-corrected chi connectivity index (χ1v) is 9.98. The van der Waals surface area contributed by atoms with Gasteiger partial charge in [-0.3, -0.25) is 9.59 Å². The minimum Gasteiger partial charge on any atom is -0.494 e. The number of carbonyl (C=O) groups excluding carboxylic acids is 2. The minimum atomic E-state index is -0.240. The maximum Gasteiger partial charge on any atom is 0.258 e. The molecule has 6 heteroatoms. The van der Waals surface area contributed by atoms with E-state index in [9.17, 15) is 9.59 Å². The van der Waals surface area contributed by atoms with Gasteiger partial charge in [0.2, 0.25) is 0 Å². The van der Waals surface area contributed by atoms with Crippen molar-refractivity contribution >= 4 is 11.7 Å². The Balaban J connectivity index is 1.55. The summed E-state index contributed by atoms with van der Waals surface area (Å²) < 4.78 is 17.1. The van der Waals surface area contributed by atoms with Crippen LogP contribution in [0.1, 0.15) is 48.7 Å². The van der Waals surface area contributed by atoms with Crippen LogP contribution in [0.5, 0.6) is 17.2 Å². The van der Waals surface area contributed by atoms with E-state index < -0.39 is 0 Å². The molecule has 0 aliphatic carbocycles. The summed E-state index contributed by atoms with van der Waals surface area (Å²) in [7, 11) is 0. The molecule has 1 N–H and O–H groups in total. The third-order valence-electron chi connectivity index (χ3n) is 4.72. The van der Waals surface area contributed by atoms with Crippen molar-refractivity contribution in [2.45, 2.75) is 46.3 Å². The minimum absolute atomic E-state index is 0.0760. The van der Waals surface area contributed by atoms with Crippen molar-refractivity contribution in [1.82, 2.24) is 5.32 Å². The number of nitrogens with one attached hydrogen (secondary N) is 1. The first-order chi connectivity index (χ1) is 14.0. The summed E-state index contributed by atoms with van der Waals surface area (Å²) in [4.78, 5) is 23.9. The highest BCUT2D eigenvalue weighted by atomic mass is 16.5. The second-order valence-corrected chi connectivity index (χ2v) is 7.00. The Kier molecular flexibility index (Phi) is 6.75. The van der Waals surface area contributed by atoms with E-state index in [0.717, 1.165) is 29.0 Å². The summed E-state index contributed by atoms with van der Waals surface area (Å²) in [6.07, 6.45) is 1.47. The molecule has 0 spiro atoms. The zero-order chi connectivity index (χ0) is 20.8. The molecular formula is C23H27NO5. The molecule has 29 heavy (non-hydrogen) atoms. The van der Waals surface area contributed by atoms with Crippen molar-refractivity contribution in [2.24, 2.45) is 0 Å². The Morgan fingerprint density at radius 2 is 1.90 bits per heavy atom. The molecule has 0 saturated carbocycles. The maximum absolute atomic E-state index is 12.2. The van der Waals surface area contributed by atoms with E-state index in [0.29, 0.717) is 30.9 Å². The van der Waals surface area contributed by atoms with Gasteiger partial charge in [-0.1, -0.05) is 6.92 Å². The highest BCUT2D eigenvalue weighted by Crippen LogP contribution is 2.35. The van der Waals surface area contributed by atoms with Crippen LogP contribution in [-0.4, -0.2) is 31.0 Å². The zero-order valence-corrected chi connectivity index (χ0v) is 17.1. The maximum atomic E-state index is 12.2. The third kappa shape index (κ3) is 5.28. The van der Waals surface area contributed by atoms with Crippen molar-refractivity contribution in [3.8, 4) is 17.2 Å². The summed E-state index contributed by atoms with van der Waals surface area (Å²) >= 11 is 0. The van der Waals surface area contributed by atoms with E-state index in [1.165, 1.54) is 0 Å². The van der Waals surface area contributed by atoms with Crippen LogP contribution in [0.3, 0.4) is 0 Å². The summed E-state index contributed by atoms with van der Waals surface area (Å²) in [5.74, 6) is 2.00. The van der Waals surface area contributed by atoms with E-state index in [1.807, 2.05) is 32.9 Å². The van der Waals surface area contributed by atoms with Crippen molar-refractivity contribution in [1.29, 1.82) is 0 Å². The van der Waals surface area contributed by atoms with E-state index >= 15 is 0 Å². The SMILES string of the molecule is CCOc1cc2c(cc1CNC(=O)COc1ccc(C(=O)CC)cc1)O[C@H](C)C2. The largest absolute Gasteiger partial charge is 0.494 e. The molecule has 1 aliphatic rings. The fourth-order valence-corrected chi connectivity index (χ4v) is 3.24. The molecule has 1 heterocycles. The van der Waals surface area contributed by atoms with Crippen molar-refractivity contribution < 1.29 is 23.8 Å². The van der Waals surface area contributed by atoms with E-state index in [4.69, 9.17) is 14.2 Å². The van der Waals surface area contributed by atoms with Gasteiger partial charge in [0, 0.05) is 36.1 Å². The van der Waals surface area contributed by atoms with Crippen LogP contribution in [-0.2, 0) is 17.8 Å². The second-order valence-electron chi connectivity index (χ2n) is 7.00. The topological polar surface area (TPSA) is 73.9 Å². The molecule has 154 valence electrons. The molecule has 2 aromatic rings. The second kappa shape index (κ2) is 9.45. The van der Waals surface area contributed by atoms with E-state index in [-0.39, 0.29) is 24.4 Å². The highest BCUT2D eigenvalue weighted by Gasteiger charge is 2.22. The van der Waals surface area contributed by atoms with Gasteiger partial charge in [0.15, 0.2) is 12.4 Å². The van der Waals surface area contributed by atoms with Crippen molar-refractivity contribution in [2.75, 3.05) is 13.2 Å². The number of benzene rings is 2. The number of hydrogen-bond donors (Lipinski definition) is 1. The van der Waals surface area contributed by atoms with Gasteiger partial charge in [0.25, 0.3) is 5.91 Å². The third-order valence-corrected chi connectivity index (χ3v) is 4.72. The lowest BCUT2D eigenvalue weighted by molar-refractivity contribution is -0.123. The average molecular weight is 397 g/mol. The van der Waals surface area contributed by atoms with Gasteiger partial charge in [-0.2, -0.15) is 0 Å². The van der Waals surface area contributed by atoms with Crippen LogP contribution in [0.15, 0.2) is 36.4 Å². The lowest BCUT2D eigenvalue weighted by atomic mass is 10.1. The molecule has 1 amide bonds. The molecule has 0 saturated heterocycles. The standard InChI is InChI=1S/C23H27NO5/c1-4-20(25)16-6-8-19(9-7-16)28-14-23(26)24-13-18-12-22-17(10-15(3)29-22)11-21(18)27-5-2/h6-9,11-12,15H,4-5,10,13-14H2,1-3H3,(H,24,26)/t15-/m1/s1. The molecular weight excluding hydrogens is 370 g/mol. The number of carbonyl (C=O) groups is 2. The van der Waals surface area contributed by atoms with Crippen LogP contribution >= 0.6 is 0 Å². The van der Waals surface area contributed by atoms with Gasteiger partial charge in [0.05, 0.1) is 6.61 Å². The Hall–Kier alpha value is -3.02. The van der Waals surface area contributed by atoms with Crippen LogP contribution in [0.25, 0.3) is 0 Å². The van der Waals surface area contributed by atoms with Gasteiger partial charge < -0.3 is 19.5 Å². The highest BCUT2D eigenvalue weighted by molar-refractivity contribution is 5.95. The van der Waals surface area contributed by atoms with Gasteiger partial charge in [-0.15, -0.1) is 0 Å². The molecule has 0 aromatic heterocycles. The van der Waals surface area contributed by atoms with Gasteiger partial charge in [-0.05, 0) is 50.2 Å². The number of rotatable bonds is 9. The fraction of sp³-hybridized carbons (Fsp3) is 0.391. The lowest BCUT2D eigenvalue weighted by Crippen LogP contribution is -2.28. The molecule has 3 rings (SSSR count). The molecule has 6 nitrogen and oxygen atoms in total. The molecule has 0 fully saturated rings. The van der Waals surface area contributed by atoms with Crippen LogP contribution in [0.2, 0.25) is 0 Å².